The third-order valence-electron chi connectivity index (χ3n) is 4.46. The molecule has 0 bridgehead atoms. The molecule has 11 nitrogen and oxygen atoms in total. The summed E-state index contributed by atoms with van der Waals surface area (Å²) in [4.78, 5) is 35.6. The Hall–Kier alpha value is -2.70. The van der Waals surface area contributed by atoms with E-state index in [0.29, 0.717) is 6.61 Å². The molecular formula is C17H24N4O7S. The number of ether oxygens (including phenoxy) is 2. The molecule has 0 spiro atoms. The van der Waals surface area contributed by atoms with Crippen molar-refractivity contribution in [1.82, 2.24) is 20.3 Å². The Morgan fingerprint density at radius 1 is 1.28 bits per heavy atom. The van der Waals surface area contributed by atoms with E-state index in [-0.39, 0.29) is 22.8 Å². The maximum absolute atomic E-state index is 12.9. The van der Waals surface area contributed by atoms with E-state index in [9.17, 15) is 22.8 Å². The average molecular weight is 428 g/mol. The summed E-state index contributed by atoms with van der Waals surface area (Å²) in [7, 11) is 0.0529. The summed E-state index contributed by atoms with van der Waals surface area (Å²) in [6.07, 6.45) is 0. The Morgan fingerprint density at radius 2 is 1.97 bits per heavy atom. The minimum Gasteiger partial charge on any atom is -0.496 e. The van der Waals surface area contributed by atoms with Crippen LogP contribution in [0, 0.1) is 0 Å². The number of nitrogens with zero attached hydrogens (tertiary/aromatic N) is 1. The number of imide groups is 1. The van der Waals surface area contributed by atoms with E-state index >= 15 is 0 Å². The van der Waals surface area contributed by atoms with Crippen molar-refractivity contribution in [3.63, 3.8) is 0 Å². The molecule has 1 saturated heterocycles. The molecule has 12 heteroatoms. The molecule has 1 aliphatic heterocycles. The van der Waals surface area contributed by atoms with Gasteiger partial charge in [0.1, 0.15) is 11.3 Å². The molecule has 1 heterocycles. The molecule has 2 rings (SSSR count). The van der Waals surface area contributed by atoms with Crippen molar-refractivity contribution in [1.29, 1.82) is 0 Å². The van der Waals surface area contributed by atoms with Gasteiger partial charge in [-0.05, 0) is 25.1 Å². The minimum absolute atomic E-state index is 0.157. The van der Waals surface area contributed by atoms with E-state index < -0.39 is 40.0 Å². The largest absolute Gasteiger partial charge is 0.496 e. The lowest BCUT2D eigenvalue weighted by molar-refractivity contribution is -0.123. The van der Waals surface area contributed by atoms with Gasteiger partial charge in [-0.1, -0.05) is 0 Å². The molecule has 3 N–H and O–H groups in total. The van der Waals surface area contributed by atoms with Crippen LogP contribution in [0.25, 0.3) is 0 Å². The number of hydrogen-bond donors (Lipinski definition) is 3. The summed E-state index contributed by atoms with van der Waals surface area (Å²) in [5, 5.41) is 7.14. The van der Waals surface area contributed by atoms with Gasteiger partial charge in [-0.25, -0.2) is 13.2 Å². The lowest BCUT2D eigenvalue weighted by Gasteiger charge is -2.25. The van der Waals surface area contributed by atoms with Crippen LogP contribution in [0.3, 0.4) is 0 Å². The summed E-state index contributed by atoms with van der Waals surface area (Å²) in [6.45, 7) is 1.59. The van der Waals surface area contributed by atoms with Crippen LogP contribution in [-0.2, 0) is 29.9 Å². The first-order valence-corrected chi connectivity index (χ1v) is 10.0. The van der Waals surface area contributed by atoms with Gasteiger partial charge in [0.05, 0.1) is 25.2 Å². The van der Waals surface area contributed by atoms with Crippen molar-refractivity contribution < 1.29 is 32.3 Å². The molecule has 4 amide bonds. The number of hydrogen-bond acceptors (Lipinski definition) is 7. The fraction of sp³-hybridized carbons (Fsp3) is 0.471. The van der Waals surface area contributed by atoms with Crippen LogP contribution in [0.15, 0.2) is 23.1 Å². The molecule has 1 aromatic rings. The van der Waals surface area contributed by atoms with Gasteiger partial charge < -0.3 is 20.1 Å². The molecule has 1 aliphatic rings. The zero-order valence-electron chi connectivity index (χ0n) is 16.6. The van der Waals surface area contributed by atoms with Crippen LogP contribution in [-0.4, -0.2) is 71.5 Å². The Balaban J connectivity index is 2.33. The van der Waals surface area contributed by atoms with Crippen molar-refractivity contribution in [3.8, 4) is 5.75 Å². The average Bonchev–Trinajstić information content (AvgIpc) is 2.93. The van der Waals surface area contributed by atoms with Crippen molar-refractivity contribution in [2.45, 2.75) is 17.4 Å². The molecular weight excluding hydrogens is 404 g/mol. The summed E-state index contributed by atoms with van der Waals surface area (Å²) in [5.74, 6) is -0.902. The van der Waals surface area contributed by atoms with Gasteiger partial charge in [0.25, 0.3) is 5.91 Å². The third kappa shape index (κ3) is 4.66. The molecule has 1 fully saturated rings. The number of nitrogens with one attached hydrogen (secondary N) is 3. The van der Waals surface area contributed by atoms with Gasteiger partial charge in [-0.15, -0.1) is 0 Å². The Morgan fingerprint density at radius 3 is 2.52 bits per heavy atom. The molecule has 160 valence electrons. The second-order valence-corrected chi connectivity index (χ2v) is 8.54. The molecule has 1 atom stereocenters. The van der Waals surface area contributed by atoms with E-state index in [0.717, 1.165) is 4.31 Å². The van der Waals surface area contributed by atoms with Gasteiger partial charge in [0.15, 0.2) is 0 Å². The first-order chi connectivity index (χ1) is 13.6. The minimum atomic E-state index is -4.06. The number of carbonyl (C=O) groups excluding carboxylic acids is 3. The predicted octanol–water partition coefficient (Wildman–Crippen LogP) is -0.867. The highest BCUT2D eigenvalue weighted by Crippen LogP contribution is 2.34. The van der Waals surface area contributed by atoms with Crippen LogP contribution >= 0.6 is 0 Å². The number of amides is 4. The summed E-state index contributed by atoms with van der Waals surface area (Å²) in [6, 6.07) is 3.24. The van der Waals surface area contributed by atoms with Gasteiger partial charge in [-0.2, -0.15) is 4.31 Å². The van der Waals surface area contributed by atoms with E-state index in [1.54, 1.807) is 0 Å². The molecule has 0 aromatic heterocycles. The first kappa shape index (κ1) is 22.6. The smallest absolute Gasteiger partial charge is 0.322 e. The number of sulfonamides is 1. The maximum atomic E-state index is 12.9. The lowest BCUT2D eigenvalue weighted by atomic mass is 9.91. The summed E-state index contributed by atoms with van der Waals surface area (Å²) >= 11 is 0. The standard InChI is InChI=1S/C17H24N4O7S/c1-17(15(23)19-16(24)20-17)12-9-11(5-6-13(12)28-4)29(25,26)21(2)10-14(22)18-7-8-27-3/h5-6,9H,7-8,10H2,1-4H3,(H,18,22)(H2,19,20,23,24)/t17-/m0/s1. The SMILES string of the molecule is COCCNC(=O)CN(C)S(=O)(=O)c1ccc(OC)c([C@]2(C)NC(=O)NC2=O)c1. The molecule has 0 aliphatic carbocycles. The van der Waals surface area contributed by atoms with Gasteiger partial charge >= 0.3 is 6.03 Å². The van der Waals surface area contributed by atoms with Crippen LogP contribution in [0.2, 0.25) is 0 Å². The highest BCUT2D eigenvalue weighted by atomic mass is 32.2. The Labute approximate surface area is 168 Å². The second kappa shape index (κ2) is 8.76. The van der Waals surface area contributed by atoms with Crippen molar-refractivity contribution in [3.05, 3.63) is 23.8 Å². The fourth-order valence-electron chi connectivity index (χ4n) is 2.79. The number of carbonyl (C=O) groups is 3. The number of urea groups is 1. The number of methoxy groups -OCH3 is 2. The van der Waals surface area contributed by atoms with Crippen molar-refractivity contribution >= 4 is 27.9 Å². The molecule has 0 radical (unpaired) electrons. The second-order valence-electron chi connectivity index (χ2n) is 6.50. The number of rotatable bonds is 9. The molecule has 0 unspecified atom stereocenters. The van der Waals surface area contributed by atoms with Gasteiger partial charge in [-0.3, -0.25) is 14.9 Å². The Kier molecular flexibility index (Phi) is 6.82. The van der Waals surface area contributed by atoms with Crippen LogP contribution in [0.5, 0.6) is 5.75 Å². The maximum Gasteiger partial charge on any atom is 0.322 e. The highest BCUT2D eigenvalue weighted by Gasteiger charge is 2.45. The number of likely N-dealkylation sites (N-methyl/N-ethyl adjacent to an activating group) is 1. The summed E-state index contributed by atoms with van der Waals surface area (Å²) < 4.78 is 36.8. The van der Waals surface area contributed by atoms with Crippen LogP contribution in [0.1, 0.15) is 12.5 Å². The van der Waals surface area contributed by atoms with Gasteiger partial charge in [0, 0.05) is 26.3 Å². The van der Waals surface area contributed by atoms with Crippen molar-refractivity contribution in [2.75, 3.05) is 41.0 Å². The normalized spacial score (nSPS) is 19.1. The lowest BCUT2D eigenvalue weighted by Crippen LogP contribution is -2.41. The first-order valence-electron chi connectivity index (χ1n) is 8.60. The zero-order valence-corrected chi connectivity index (χ0v) is 17.4. The quantitative estimate of drug-likeness (QED) is 0.343. The molecule has 1 aromatic carbocycles. The third-order valence-corrected chi connectivity index (χ3v) is 6.26. The monoisotopic (exact) mass is 428 g/mol. The van der Waals surface area contributed by atoms with Crippen molar-refractivity contribution in [2.24, 2.45) is 0 Å². The van der Waals surface area contributed by atoms with E-state index in [2.05, 4.69) is 16.0 Å². The van der Waals surface area contributed by atoms with E-state index in [4.69, 9.17) is 9.47 Å². The van der Waals surface area contributed by atoms with E-state index in [1.165, 1.54) is 46.4 Å². The topological polar surface area (TPSA) is 143 Å². The van der Waals surface area contributed by atoms with Crippen LogP contribution < -0.4 is 20.7 Å². The molecule has 29 heavy (non-hydrogen) atoms. The predicted molar refractivity (Wildman–Crippen MR) is 102 cm³/mol. The highest BCUT2D eigenvalue weighted by molar-refractivity contribution is 7.89. The van der Waals surface area contributed by atoms with Gasteiger partial charge in [0.2, 0.25) is 15.9 Å². The Bertz CT molecular complexity index is 918. The van der Waals surface area contributed by atoms with Crippen LogP contribution in [0.4, 0.5) is 4.79 Å². The molecule has 0 saturated carbocycles. The fourth-order valence-corrected chi connectivity index (χ4v) is 3.94. The number of benzene rings is 1. The summed E-state index contributed by atoms with van der Waals surface area (Å²) in [5.41, 5.74) is -1.34. The van der Waals surface area contributed by atoms with E-state index in [1.807, 2.05) is 0 Å². The zero-order chi connectivity index (χ0) is 21.8.